The molecule has 28 heavy (non-hydrogen) atoms. The number of aromatic amines is 1. The first-order chi connectivity index (χ1) is 13.7. The van der Waals surface area contributed by atoms with E-state index in [1.165, 1.54) is 5.39 Å². The quantitative estimate of drug-likeness (QED) is 0.310. The van der Waals surface area contributed by atoms with Gasteiger partial charge in [0.25, 0.3) is 0 Å². The monoisotopic (exact) mass is 425 g/mol. The van der Waals surface area contributed by atoms with E-state index >= 15 is 0 Å². The number of nitrogens with one attached hydrogen (secondary N) is 1. The van der Waals surface area contributed by atoms with Crippen LogP contribution in [0.4, 0.5) is 0 Å². The van der Waals surface area contributed by atoms with Gasteiger partial charge in [0.2, 0.25) is 0 Å². The minimum atomic E-state index is 0.0243. The second-order valence-electron chi connectivity index (χ2n) is 6.76. The van der Waals surface area contributed by atoms with E-state index in [0.29, 0.717) is 11.1 Å². The summed E-state index contributed by atoms with van der Waals surface area (Å²) < 4.78 is 0.958. The third-order valence-corrected chi connectivity index (χ3v) is 5.77. The zero-order valence-corrected chi connectivity index (χ0v) is 16.5. The Hall–Kier alpha value is -3.17. The highest BCUT2D eigenvalue weighted by Gasteiger charge is 2.19. The number of halogens is 1. The number of H-pyrrole nitrogens is 1. The molecule has 0 bridgehead atoms. The standard InChI is InChI=1S/C25H16BrNO/c26-21-15-14-19-17-10-6-7-13-22(17)27-24(19)23(21)18-11-4-5-12-20(18)25(28)16-8-2-1-3-9-16/h1-15,27H. The Kier molecular flexibility index (Phi) is 4.10. The van der Waals surface area contributed by atoms with Crippen molar-refractivity contribution in [1.82, 2.24) is 4.98 Å². The van der Waals surface area contributed by atoms with Crippen LogP contribution in [-0.4, -0.2) is 10.8 Å². The van der Waals surface area contributed by atoms with Gasteiger partial charge in [-0.25, -0.2) is 0 Å². The van der Waals surface area contributed by atoms with Crippen molar-refractivity contribution in [3.8, 4) is 11.1 Å². The summed E-state index contributed by atoms with van der Waals surface area (Å²) in [4.78, 5) is 16.8. The number of hydrogen-bond acceptors (Lipinski definition) is 1. The smallest absolute Gasteiger partial charge is 0.193 e. The van der Waals surface area contributed by atoms with Crippen LogP contribution >= 0.6 is 15.9 Å². The summed E-state index contributed by atoms with van der Waals surface area (Å²) in [5.41, 5.74) is 5.43. The maximum Gasteiger partial charge on any atom is 0.193 e. The van der Waals surface area contributed by atoms with Gasteiger partial charge in [-0.05, 0) is 17.7 Å². The molecule has 5 aromatic rings. The summed E-state index contributed by atoms with van der Waals surface area (Å²) in [5, 5.41) is 2.33. The number of hydrogen-bond donors (Lipinski definition) is 1. The molecule has 0 spiro atoms. The molecule has 1 aromatic heterocycles. The minimum Gasteiger partial charge on any atom is -0.354 e. The number of carbonyl (C=O) groups excluding carboxylic acids is 1. The molecule has 3 heteroatoms. The summed E-state index contributed by atoms with van der Waals surface area (Å²) in [6, 6.07) is 29.7. The van der Waals surface area contributed by atoms with Crippen LogP contribution in [0.15, 0.2) is 95.5 Å². The zero-order chi connectivity index (χ0) is 19.1. The summed E-state index contributed by atoms with van der Waals surface area (Å²) in [7, 11) is 0. The largest absolute Gasteiger partial charge is 0.354 e. The van der Waals surface area contributed by atoms with Crippen molar-refractivity contribution < 1.29 is 4.79 Å². The van der Waals surface area contributed by atoms with Crippen molar-refractivity contribution in [2.75, 3.05) is 0 Å². The lowest BCUT2D eigenvalue weighted by Gasteiger charge is -2.12. The van der Waals surface area contributed by atoms with E-state index in [9.17, 15) is 4.79 Å². The minimum absolute atomic E-state index is 0.0243. The molecule has 134 valence electrons. The van der Waals surface area contributed by atoms with Gasteiger partial charge in [-0.1, -0.05) is 94.8 Å². The van der Waals surface area contributed by atoms with Crippen LogP contribution in [0, 0.1) is 0 Å². The number of ketones is 1. The summed E-state index contributed by atoms with van der Waals surface area (Å²) in [6.07, 6.45) is 0. The fourth-order valence-corrected chi connectivity index (χ4v) is 4.34. The van der Waals surface area contributed by atoms with Crippen LogP contribution < -0.4 is 0 Å². The Balaban J connectivity index is 1.80. The van der Waals surface area contributed by atoms with E-state index < -0.39 is 0 Å². The Labute approximate surface area is 171 Å². The maximum atomic E-state index is 13.2. The third-order valence-electron chi connectivity index (χ3n) is 5.11. The summed E-state index contributed by atoms with van der Waals surface area (Å²) >= 11 is 3.72. The van der Waals surface area contributed by atoms with Gasteiger partial charge in [0.1, 0.15) is 0 Å². The van der Waals surface area contributed by atoms with Gasteiger partial charge in [-0.3, -0.25) is 4.79 Å². The second-order valence-corrected chi connectivity index (χ2v) is 7.61. The number of rotatable bonds is 3. The van der Waals surface area contributed by atoms with Crippen LogP contribution in [0.3, 0.4) is 0 Å². The lowest BCUT2D eigenvalue weighted by Crippen LogP contribution is -2.03. The molecule has 1 heterocycles. The lowest BCUT2D eigenvalue weighted by molar-refractivity contribution is 0.103. The molecule has 0 fully saturated rings. The third kappa shape index (κ3) is 2.67. The molecule has 0 saturated carbocycles. The topological polar surface area (TPSA) is 32.9 Å². The fourth-order valence-electron chi connectivity index (χ4n) is 3.80. The molecule has 0 aliphatic heterocycles. The zero-order valence-electron chi connectivity index (χ0n) is 14.9. The number of benzene rings is 4. The van der Waals surface area contributed by atoms with Gasteiger partial charge >= 0.3 is 0 Å². The highest BCUT2D eigenvalue weighted by atomic mass is 79.9. The lowest BCUT2D eigenvalue weighted by atomic mass is 9.93. The summed E-state index contributed by atoms with van der Waals surface area (Å²) in [6.45, 7) is 0. The van der Waals surface area contributed by atoms with Gasteiger partial charge in [-0.2, -0.15) is 0 Å². The molecule has 0 saturated heterocycles. The first-order valence-electron chi connectivity index (χ1n) is 9.12. The van der Waals surface area contributed by atoms with Crippen molar-refractivity contribution in [2.24, 2.45) is 0 Å². The van der Waals surface area contributed by atoms with Crippen molar-refractivity contribution in [1.29, 1.82) is 0 Å². The average Bonchev–Trinajstić information content (AvgIpc) is 3.12. The highest BCUT2D eigenvalue weighted by molar-refractivity contribution is 9.10. The molecule has 0 radical (unpaired) electrons. The van der Waals surface area contributed by atoms with Gasteiger partial charge in [0, 0.05) is 37.5 Å². The van der Waals surface area contributed by atoms with Gasteiger partial charge in [0.15, 0.2) is 5.78 Å². The van der Waals surface area contributed by atoms with Crippen molar-refractivity contribution in [3.63, 3.8) is 0 Å². The van der Waals surface area contributed by atoms with Crippen LogP contribution in [-0.2, 0) is 0 Å². The molecule has 0 atom stereocenters. The molecule has 5 rings (SSSR count). The Morgan fingerprint density at radius 2 is 1.43 bits per heavy atom. The molecule has 0 aliphatic rings. The van der Waals surface area contributed by atoms with E-state index in [1.54, 1.807) is 0 Å². The second kappa shape index (κ2) is 6.77. The van der Waals surface area contributed by atoms with Gasteiger partial charge in [-0.15, -0.1) is 0 Å². The average molecular weight is 426 g/mol. The van der Waals surface area contributed by atoms with Crippen LogP contribution in [0.1, 0.15) is 15.9 Å². The van der Waals surface area contributed by atoms with Gasteiger partial charge in [0.05, 0.1) is 5.52 Å². The first kappa shape index (κ1) is 17.0. The Morgan fingerprint density at radius 3 is 2.29 bits per heavy atom. The number of carbonyl (C=O) groups is 1. The highest BCUT2D eigenvalue weighted by Crippen LogP contribution is 2.39. The van der Waals surface area contributed by atoms with Crippen molar-refractivity contribution in [3.05, 3.63) is 107 Å². The van der Waals surface area contributed by atoms with Gasteiger partial charge < -0.3 is 4.98 Å². The molecular formula is C25H16BrNO. The molecule has 4 aromatic carbocycles. The number of fused-ring (bicyclic) bond motifs is 3. The normalized spacial score (nSPS) is 11.2. The van der Waals surface area contributed by atoms with E-state index in [0.717, 1.165) is 32.0 Å². The van der Waals surface area contributed by atoms with Crippen molar-refractivity contribution in [2.45, 2.75) is 0 Å². The first-order valence-corrected chi connectivity index (χ1v) is 9.91. The molecule has 0 amide bonds. The predicted octanol–water partition coefficient (Wildman–Crippen LogP) is 6.98. The van der Waals surface area contributed by atoms with E-state index in [1.807, 2.05) is 66.7 Å². The number of para-hydroxylation sites is 1. The van der Waals surface area contributed by atoms with Crippen LogP contribution in [0.5, 0.6) is 0 Å². The van der Waals surface area contributed by atoms with Crippen molar-refractivity contribution >= 4 is 43.5 Å². The van der Waals surface area contributed by atoms with Crippen LogP contribution in [0.25, 0.3) is 32.9 Å². The van der Waals surface area contributed by atoms with E-state index in [2.05, 4.69) is 45.2 Å². The van der Waals surface area contributed by atoms with Crippen LogP contribution in [0.2, 0.25) is 0 Å². The Morgan fingerprint density at radius 1 is 0.714 bits per heavy atom. The molecular weight excluding hydrogens is 410 g/mol. The summed E-state index contributed by atoms with van der Waals surface area (Å²) in [5.74, 6) is 0.0243. The molecule has 1 N–H and O–H groups in total. The van der Waals surface area contributed by atoms with E-state index in [-0.39, 0.29) is 5.78 Å². The number of aromatic nitrogens is 1. The SMILES string of the molecule is O=C(c1ccccc1)c1ccccc1-c1c(Br)ccc2c1[nH]c1ccccc12. The van der Waals surface area contributed by atoms with E-state index in [4.69, 9.17) is 0 Å². The molecule has 0 unspecified atom stereocenters. The molecule has 0 aliphatic carbocycles. The Bertz CT molecular complexity index is 1340. The predicted molar refractivity (Wildman–Crippen MR) is 119 cm³/mol. The molecule has 2 nitrogen and oxygen atoms in total. The maximum absolute atomic E-state index is 13.2. The fraction of sp³-hybridized carbons (Fsp3) is 0.